The van der Waals surface area contributed by atoms with Crippen molar-refractivity contribution in [3.05, 3.63) is 95.9 Å². The molecule has 0 aromatic heterocycles. The Morgan fingerprint density at radius 3 is 2.14 bits per heavy atom. The molecule has 22 heavy (non-hydrogen) atoms. The maximum Gasteiger partial charge on any atom is 0.159 e. The second-order valence-electron chi connectivity index (χ2n) is 5.00. The van der Waals surface area contributed by atoms with E-state index in [2.05, 4.69) is 13.2 Å². The van der Waals surface area contributed by atoms with Gasteiger partial charge in [0, 0.05) is 5.56 Å². The highest BCUT2D eigenvalue weighted by molar-refractivity contribution is 5.79. The molecule has 0 amide bonds. The van der Waals surface area contributed by atoms with E-state index in [0.29, 0.717) is 22.3 Å². The predicted molar refractivity (Wildman–Crippen MR) is 84.7 cm³/mol. The largest absolute Gasteiger partial charge is 0.206 e. The lowest BCUT2D eigenvalue weighted by molar-refractivity contribution is 0.508. The average molecular weight is 300 g/mol. The molecule has 0 aliphatic rings. The molecule has 0 aliphatic heterocycles. The number of aryl methyl sites for hydroxylation is 1. The van der Waals surface area contributed by atoms with Crippen molar-refractivity contribution in [3.63, 3.8) is 0 Å². The van der Waals surface area contributed by atoms with Crippen molar-refractivity contribution in [1.29, 1.82) is 0 Å². The summed E-state index contributed by atoms with van der Waals surface area (Å²) in [6.45, 7) is 9.40. The zero-order valence-electron chi connectivity index (χ0n) is 12.2. The lowest BCUT2D eigenvalue weighted by Crippen LogP contribution is -1.89. The molecule has 0 nitrogen and oxygen atoms in total. The monoisotopic (exact) mass is 300 g/mol. The molecule has 3 heteroatoms. The number of halogens is 3. The van der Waals surface area contributed by atoms with E-state index in [1.807, 2.05) is 0 Å². The SMILES string of the molecule is C=C(/C=C\C(=C)c1ccc(C)cc1F)c1ccc(F)c(F)c1. The first-order valence-corrected chi connectivity index (χ1v) is 6.66. The molecule has 0 unspecified atom stereocenters. The Hall–Kier alpha value is -2.55. The quantitative estimate of drug-likeness (QED) is 0.636. The van der Waals surface area contributed by atoms with Crippen molar-refractivity contribution in [1.82, 2.24) is 0 Å². The van der Waals surface area contributed by atoms with Gasteiger partial charge in [-0.3, -0.25) is 0 Å². The van der Waals surface area contributed by atoms with Crippen LogP contribution < -0.4 is 0 Å². The summed E-state index contributed by atoms with van der Waals surface area (Å²) >= 11 is 0. The van der Waals surface area contributed by atoms with Crippen LogP contribution in [0.1, 0.15) is 16.7 Å². The maximum absolute atomic E-state index is 13.8. The standard InChI is InChI=1S/C19H15F3/c1-12-4-8-16(18(21)10-12)14(3)6-5-13(2)15-7-9-17(20)19(22)11-15/h4-11H,2-3H2,1H3/b6-5-. The molecular weight excluding hydrogens is 285 g/mol. The van der Waals surface area contributed by atoms with Crippen molar-refractivity contribution < 1.29 is 13.2 Å². The van der Waals surface area contributed by atoms with Crippen molar-refractivity contribution in [2.45, 2.75) is 6.92 Å². The van der Waals surface area contributed by atoms with Gasteiger partial charge < -0.3 is 0 Å². The third-order valence-corrected chi connectivity index (χ3v) is 3.25. The molecule has 0 atom stereocenters. The molecular formula is C19H15F3. The summed E-state index contributed by atoms with van der Waals surface area (Å²) in [5.74, 6) is -2.20. The summed E-state index contributed by atoms with van der Waals surface area (Å²) in [6.07, 6.45) is 3.19. The summed E-state index contributed by atoms with van der Waals surface area (Å²) in [5, 5.41) is 0. The third-order valence-electron chi connectivity index (χ3n) is 3.25. The van der Waals surface area contributed by atoms with Crippen LogP contribution in [0.25, 0.3) is 11.1 Å². The third kappa shape index (κ3) is 3.55. The second-order valence-corrected chi connectivity index (χ2v) is 5.00. The molecule has 2 aromatic carbocycles. The molecule has 2 rings (SSSR count). The van der Waals surface area contributed by atoms with E-state index >= 15 is 0 Å². The van der Waals surface area contributed by atoms with Crippen LogP contribution in [0.2, 0.25) is 0 Å². The van der Waals surface area contributed by atoms with Gasteiger partial charge in [-0.25, -0.2) is 13.2 Å². The minimum Gasteiger partial charge on any atom is -0.206 e. The van der Waals surface area contributed by atoms with Gasteiger partial charge in [0.25, 0.3) is 0 Å². The number of rotatable bonds is 4. The summed E-state index contributed by atoms with van der Waals surface area (Å²) in [6, 6.07) is 8.41. The van der Waals surface area contributed by atoms with Crippen LogP contribution in [0.4, 0.5) is 13.2 Å². The molecule has 0 fully saturated rings. The zero-order chi connectivity index (χ0) is 16.3. The molecule has 0 spiro atoms. The first-order valence-electron chi connectivity index (χ1n) is 6.66. The molecule has 0 radical (unpaired) electrons. The molecule has 0 heterocycles. The highest BCUT2D eigenvalue weighted by Gasteiger charge is 2.05. The first kappa shape index (κ1) is 15.8. The van der Waals surface area contributed by atoms with Crippen molar-refractivity contribution >= 4 is 11.1 Å². The number of allylic oxidation sites excluding steroid dienone is 4. The van der Waals surface area contributed by atoms with Gasteiger partial charge in [0.05, 0.1) is 0 Å². The van der Waals surface area contributed by atoms with E-state index < -0.39 is 11.6 Å². The Bertz CT molecular complexity index is 770. The van der Waals surface area contributed by atoms with E-state index in [0.717, 1.165) is 17.7 Å². The zero-order valence-corrected chi connectivity index (χ0v) is 12.2. The topological polar surface area (TPSA) is 0 Å². The van der Waals surface area contributed by atoms with Crippen LogP contribution in [0.5, 0.6) is 0 Å². The van der Waals surface area contributed by atoms with Gasteiger partial charge in [-0.1, -0.05) is 43.5 Å². The minimum atomic E-state index is -0.935. The van der Waals surface area contributed by atoms with Gasteiger partial charge in [-0.15, -0.1) is 0 Å². The Kier molecular flexibility index (Phi) is 4.66. The van der Waals surface area contributed by atoms with Crippen LogP contribution in [0, 0.1) is 24.4 Å². The number of benzene rings is 2. The van der Waals surface area contributed by atoms with Gasteiger partial charge in [0.2, 0.25) is 0 Å². The molecule has 0 aliphatic carbocycles. The van der Waals surface area contributed by atoms with Gasteiger partial charge in [-0.2, -0.15) is 0 Å². The number of hydrogen-bond donors (Lipinski definition) is 0. The van der Waals surface area contributed by atoms with E-state index in [1.165, 1.54) is 12.1 Å². The lowest BCUT2D eigenvalue weighted by Gasteiger charge is -2.05. The highest BCUT2D eigenvalue weighted by Crippen LogP contribution is 2.22. The van der Waals surface area contributed by atoms with Crippen LogP contribution in [0.3, 0.4) is 0 Å². The Morgan fingerprint density at radius 2 is 1.50 bits per heavy atom. The van der Waals surface area contributed by atoms with E-state index in [-0.39, 0.29) is 5.82 Å². The average Bonchev–Trinajstić information content (AvgIpc) is 2.47. The lowest BCUT2D eigenvalue weighted by atomic mass is 10.0. The van der Waals surface area contributed by atoms with Gasteiger partial charge in [0.1, 0.15) is 5.82 Å². The summed E-state index contributed by atoms with van der Waals surface area (Å²) in [4.78, 5) is 0. The van der Waals surface area contributed by atoms with Gasteiger partial charge >= 0.3 is 0 Å². The fraction of sp³-hybridized carbons (Fsp3) is 0.0526. The predicted octanol–water partition coefficient (Wildman–Crippen LogP) is 5.70. The van der Waals surface area contributed by atoms with Crippen LogP contribution >= 0.6 is 0 Å². The van der Waals surface area contributed by atoms with Crippen LogP contribution in [-0.2, 0) is 0 Å². The van der Waals surface area contributed by atoms with Crippen LogP contribution in [-0.4, -0.2) is 0 Å². The summed E-state index contributed by atoms with van der Waals surface area (Å²) in [7, 11) is 0. The van der Waals surface area contributed by atoms with Gasteiger partial charge in [-0.05, 0) is 47.4 Å². The Balaban J connectivity index is 2.18. The van der Waals surface area contributed by atoms with Gasteiger partial charge in [0.15, 0.2) is 11.6 Å². The molecule has 2 aromatic rings. The Morgan fingerprint density at radius 1 is 0.818 bits per heavy atom. The highest BCUT2D eigenvalue weighted by atomic mass is 19.2. The molecule has 0 saturated carbocycles. The van der Waals surface area contributed by atoms with E-state index in [4.69, 9.17) is 0 Å². The molecule has 0 N–H and O–H groups in total. The number of hydrogen-bond acceptors (Lipinski definition) is 0. The fourth-order valence-electron chi connectivity index (χ4n) is 1.96. The fourth-order valence-corrected chi connectivity index (χ4v) is 1.96. The molecule has 0 bridgehead atoms. The smallest absolute Gasteiger partial charge is 0.159 e. The second kappa shape index (κ2) is 6.48. The van der Waals surface area contributed by atoms with E-state index in [1.54, 1.807) is 31.2 Å². The molecule has 112 valence electrons. The normalized spacial score (nSPS) is 10.9. The summed E-state index contributed by atoms with van der Waals surface area (Å²) < 4.78 is 39.9. The van der Waals surface area contributed by atoms with Crippen LogP contribution in [0.15, 0.2) is 61.7 Å². The molecule has 0 saturated heterocycles. The van der Waals surface area contributed by atoms with Crippen molar-refractivity contribution in [2.75, 3.05) is 0 Å². The van der Waals surface area contributed by atoms with Crippen molar-refractivity contribution in [3.8, 4) is 0 Å². The summed E-state index contributed by atoms with van der Waals surface area (Å²) in [5.41, 5.74) is 2.62. The van der Waals surface area contributed by atoms with Crippen molar-refractivity contribution in [2.24, 2.45) is 0 Å². The minimum absolute atomic E-state index is 0.354. The maximum atomic E-state index is 13.8. The first-order chi connectivity index (χ1) is 10.4. The van der Waals surface area contributed by atoms with E-state index in [9.17, 15) is 13.2 Å². The Labute approximate surface area is 127 Å².